The monoisotopic (exact) mass is 355 g/mol. The maximum absolute atomic E-state index is 12.4. The van der Waals surface area contributed by atoms with Crippen LogP contribution in [0.4, 0.5) is 5.82 Å². The summed E-state index contributed by atoms with van der Waals surface area (Å²) < 4.78 is 0. The number of aromatic nitrogens is 3. The molecule has 128 valence electrons. The van der Waals surface area contributed by atoms with Gasteiger partial charge in [0.1, 0.15) is 12.1 Å². The Morgan fingerprint density at radius 1 is 1.16 bits per heavy atom. The molecule has 3 rings (SSSR count). The van der Waals surface area contributed by atoms with Gasteiger partial charge in [-0.1, -0.05) is 17.7 Å². The van der Waals surface area contributed by atoms with Crippen LogP contribution in [0, 0.1) is 6.92 Å². The van der Waals surface area contributed by atoms with Crippen LogP contribution in [0.15, 0.2) is 36.7 Å². The molecule has 0 aliphatic carbocycles. The molecule has 0 saturated carbocycles. The van der Waals surface area contributed by atoms with Crippen molar-refractivity contribution in [3.8, 4) is 22.6 Å². The van der Waals surface area contributed by atoms with Crippen molar-refractivity contribution in [1.29, 1.82) is 0 Å². The van der Waals surface area contributed by atoms with Gasteiger partial charge in [-0.05, 0) is 30.7 Å². The molecule has 2 heterocycles. The van der Waals surface area contributed by atoms with Crippen LogP contribution in [0.3, 0.4) is 0 Å². The molecule has 0 spiro atoms. The summed E-state index contributed by atoms with van der Waals surface area (Å²) in [6, 6.07) is 9.20. The SMILES string of the molecule is CNC(=O)c1cc(-c2cc(NC)ncn2)[nH]c1-c1cc(Cl)ccc1C. The number of aromatic amines is 1. The van der Waals surface area contributed by atoms with Crippen LogP contribution in [-0.2, 0) is 0 Å². The lowest BCUT2D eigenvalue weighted by molar-refractivity contribution is 0.0964. The van der Waals surface area contributed by atoms with Gasteiger partial charge in [-0.3, -0.25) is 4.79 Å². The zero-order chi connectivity index (χ0) is 18.0. The van der Waals surface area contributed by atoms with E-state index in [1.54, 1.807) is 20.2 Å². The fraction of sp³-hybridized carbons (Fsp3) is 0.167. The first-order valence-electron chi connectivity index (χ1n) is 7.75. The van der Waals surface area contributed by atoms with Crippen LogP contribution in [0.25, 0.3) is 22.6 Å². The first-order chi connectivity index (χ1) is 12.0. The molecular weight excluding hydrogens is 338 g/mol. The molecule has 0 atom stereocenters. The predicted octanol–water partition coefficient (Wildman–Crippen LogP) is 3.50. The van der Waals surface area contributed by atoms with Crippen LogP contribution in [0.2, 0.25) is 5.02 Å². The highest BCUT2D eigenvalue weighted by Crippen LogP contribution is 2.32. The second-order valence-corrected chi connectivity index (χ2v) is 5.98. The van der Waals surface area contributed by atoms with E-state index in [0.717, 1.165) is 16.8 Å². The van der Waals surface area contributed by atoms with Crippen molar-refractivity contribution in [1.82, 2.24) is 20.3 Å². The fourth-order valence-electron chi connectivity index (χ4n) is 2.62. The first-order valence-corrected chi connectivity index (χ1v) is 8.13. The van der Waals surface area contributed by atoms with E-state index in [1.165, 1.54) is 6.33 Å². The highest BCUT2D eigenvalue weighted by Gasteiger charge is 2.19. The summed E-state index contributed by atoms with van der Waals surface area (Å²) in [6.07, 6.45) is 1.48. The normalized spacial score (nSPS) is 10.6. The Morgan fingerprint density at radius 2 is 1.96 bits per heavy atom. The molecule has 0 radical (unpaired) electrons. The quantitative estimate of drug-likeness (QED) is 0.669. The number of amides is 1. The van der Waals surface area contributed by atoms with Crippen molar-refractivity contribution in [2.24, 2.45) is 0 Å². The summed E-state index contributed by atoms with van der Waals surface area (Å²) in [5.41, 5.74) is 4.55. The summed E-state index contributed by atoms with van der Waals surface area (Å²) in [5, 5.41) is 6.27. The van der Waals surface area contributed by atoms with E-state index in [-0.39, 0.29) is 5.91 Å². The van der Waals surface area contributed by atoms with Gasteiger partial charge in [0.05, 0.1) is 22.6 Å². The van der Waals surface area contributed by atoms with E-state index in [2.05, 4.69) is 25.6 Å². The van der Waals surface area contributed by atoms with E-state index >= 15 is 0 Å². The number of aryl methyl sites for hydroxylation is 1. The van der Waals surface area contributed by atoms with Crippen molar-refractivity contribution in [3.63, 3.8) is 0 Å². The number of rotatable bonds is 4. The predicted molar refractivity (Wildman–Crippen MR) is 99.9 cm³/mol. The van der Waals surface area contributed by atoms with Gasteiger partial charge in [0, 0.05) is 30.7 Å². The largest absolute Gasteiger partial charge is 0.373 e. The lowest BCUT2D eigenvalue weighted by Gasteiger charge is -2.07. The molecule has 0 fully saturated rings. The molecule has 0 bridgehead atoms. The van der Waals surface area contributed by atoms with Crippen molar-refractivity contribution >= 4 is 23.3 Å². The maximum Gasteiger partial charge on any atom is 0.253 e. The third-order valence-corrected chi connectivity index (χ3v) is 4.19. The highest BCUT2D eigenvalue weighted by molar-refractivity contribution is 6.31. The zero-order valence-electron chi connectivity index (χ0n) is 14.1. The Morgan fingerprint density at radius 3 is 2.68 bits per heavy atom. The number of carbonyl (C=O) groups is 1. The number of benzene rings is 1. The average Bonchev–Trinajstić information content (AvgIpc) is 3.08. The lowest BCUT2D eigenvalue weighted by Crippen LogP contribution is -2.18. The van der Waals surface area contributed by atoms with E-state index in [4.69, 9.17) is 11.6 Å². The van der Waals surface area contributed by atoms with Gasteiger partial charge >= 0.3 is 0 Å². The molecule has 2 aromatic heterocycles. The van der Waals surface area contributed by atoms with Gasteiger partial charge in [-0.2, -0.15) is 0 Å². The second kappa shape index (κ2) is 6.94. The molecule has 7 heteroatoms. The Hall–Kier alpha value is -2.86. The molecule has 0 aliphatic rings. The Bertz CT molecular complexity index is 935. The van der Waals surface area contributed by atoms with E-state index < -0.39 is 0 Å². The van der Waals surface area contributed by atoms with Crippen LogP contribution in [0.5, 0.6) is 0 Å². The fourth-order valence-corrected chi connectivity index (χ4v) is 2.80. The molecule has 0 aliphatic heterocycles. The van der Waals surface area contributed by atoms with Crippen LogP contribution in [-0.4, -0.2) is 35.0 Å². The molecular formula is C18H18ClN5O. The third-order valence-electron chi connectivity index (χ3n) is 3.96. The van der Waals surface area contributed by atoms with Gasteiger partial charge in [0.25, 0.3) is 5.91 Å². The molecule has 3 aromatic rings. The maximum atomic E-state index is 12.4. The van der Waals surface area contributed by atoms with Crippen molar-refractivity contribution in [2.75, 3.05) is 19.4 Å². The van der Waals surface area contributed by atoms with E-state index in [0.29, 0.717) is 27.8 Å². The van der Waals surface area contributed by atoms with Crippen LogP contribution < -0.4 is 10.6 Å². The van der Waals surface area contributed by atoms with Gasteiger partial charge in [-0.15, -0.1) is 0 Å². The van der Waals surface area contributed by atoms with E-state index in [9.17, 15) is 4.79 Å². The van der Waals surface area contributed by atoms with E-state index in [1.807, 2.05) is 31.2 Å². The summed E-state index contributed by atoms with van der Waals surface area (Å²) >= 11 is 6.15. The summed E-state index contributed by atoms with van der Waals surface area (Å²) in [6.45, 7) is 1.98. The molecule has 6 nitrogen and oxygen atoms in total. The number of H-pyrrole nitrogens is 1. The first kappa shape index (κ1) is 17.0. The number of hydrogen-bond acceptors (Lipinski definition) is 4. The summed E-state index contributed by atoms with van der Waals surface area (Å²) in [7, 11) is 3.39. The Labute approximate surface area is 150 Å². The number of carbonyl (C=O) groups excluding carboxylic acids is 1. The zero-order valence-corrected chi connectivity index (χ0v) is 14.9. The van der Waals surface area contributed by atoms with Gasteiger partial charge in [0.2, 0.25) is 0 Å². The van der Waals surface area contributed by atoms with Crippen LogP contribution >= 0.6 is 11.6 Å². The van der Waals surface area contributed by atoms with Crippen molar-refractivity contribution in [3.05, 3.63) is 52.8 Å². The number of hydrogen-bond donors (Lipinski definition) is 3. The van der Waals surface area contributed by atoms with Gasteiger partial charge in [-0.25, -0.2) is 9.97 Å². The van der Waals surface area contributed by atoms with Gasteiger partial charge < -0.3 is 15.6 Å². The third kappa shape index (κ3) is 3.34. The lowest BCUT2D eigenvalue weighted by atomic mass is 10.0. The molecule has 25 heavy (non-hydrogen) atoms. The smallest absolute Gasteiger partial charge is 0.253 e. The number of nitrogens with one attached hydrogen (secondary N) is 3. The molecule has 0 saturated heterocycles. The number of halogens is 1. The topological polar surface area (TPSA) is 82.7 Å². The van der Waals surface area contributed by atoms with Crippen molar-refractivity contribution < 1.29 is 4.79 Å². The van der Waals surface area contributed by atoms with Crippen molar-refractivity contribution in [2.45, 2.75) is 6.92 Å². The minimum atomic E-state index is -0.181. The minimum absolute atomic E-state index is 0.181. The highest BCUT2D eigenvalue weighted by atomic mass is 35.5. The molecule has 0 unspecified atom stereocenters. The molecule has 1 amide bonds. The summed E-state index contributed by atoms with van der Waals surface area (Å²) in [5.74, 6) is 0.515. The average molecular weight is 356 g/mol. The standard InChI is InChI=1S/C18H18ClN5O/c1-10-4-5-11(19)6-12(10)17-13(18(25)21-3)7-15(24-17)14-8-16(20-2)23-9-22-14/h4-9,24H,1-3H3,(H,21,25)(H,20,22,23). The second-order valence-electron chi connectivity index (χ2n) is 5.55. The Kier molecular flexibility index (Phi) is 4.72. The number of anilines is 1. The summed E-state index contributed by atoms with van der Waals surface area (Å²) in [4.78, 5) is 24.1. The molecule has 3 N–H and O–H groups in total. The van der Waals surface area contributed by atoms with Crippen LogP contribution in [0.1, 0.15) is 15.9 Å². The molecule has 1 aromatic carbocycles. The number of nitrogens with zero attached hydrogens (tertiary/aromatic N) is 2. The minimum Gasteiger partial charge on any atom is -0.373 e. The Balaban J connectivity index is 2.19. The van der Waals surface area contributed by atoms with Gasteiger partial charge in [0.15, 0.2) is 0 Å².